The van der Waals surface area contributed by atoms with E-state index in [1.165, 1.54) is 12.3 Å². The van der Waals surface area contributed by atoms with Crippen molar-refractivity contribution >= 4 is 23.7 Å². The molecule has 0 spiro atoms. The SMILES string of the molecule is CCOc1cc(C=NN2C(=O)C3C4C=CC(C4)C3C2=O)cc([N+](=O)[O-])c1OCC. The molecule has 1 aromatic rings. The molecule has 2 fully saturated rings. The average Bonchev–Trinajstić information content (AvgIpc) is 3.36. The highest BCUT2D eigenvalue weighted by Gasteiger charge is 2.59. The first-order valence-corrected chi connectivity index (χ1v) is 9.64. The first-order valence-electron chi connectivity index (χ1n) is 9.64. The van der Waals surface area contributed by atoms with Crippen LogP contribution in [0, 0.1) is 33.8 Å². The number of allylic oxidation sites excluding steroid dienone is 2. The number of fused-ring (bicyclic) bond motifs is 5. The lowest BCUT2D eigenvalue weighted by Crippen LogP contribution is -2.28. The van der Waals surface area contributed by atoms with Crippen LogP contribution in [0.15, 0.2) is 29.4 Å². The fraction of sp³-hybridized carbons (Fsp3) is 0.450. The topological polar surface area (TPSA) is 111 Å². The molecule has 29 heavy (non-hydrogen) atoms. The van der Waals surface area contributed by atoms with Gasteiger partial charge in [0.25, 0.3) is 11.8 Å². The third-order valence-electron chi connectivity index (χ3n) is 5.61. The Morgan fingerprint density at radius 2 is 1.76 bits per heavy atom. The van der Waals surface area contributed by atoms with Crippen molar-refractivity contribution < 1.29 is 24.0 Å². The zero-order chi connectivity index (χ0) is 20.7. The summed E-state index contributed by atoms with van der Waals surface area (Å²) in [7, 11) is 0. The molecule has 1 saturated heterocycles. The maximum absolute atomic E-state index is 12.7. The van der Waals surface area contributed by atoms with E-state index in [1.807, 2.05) is 12.2 Å². The van der Waals surface area contributed by atoms with Crippen molar-refractivity contribution in [2.75, 3.05) is 13.2 Å². The van der Waals surface area contributed by atoms with Gasteiger partial charge in [-0.2, -0.15) is 10.1 Å². The number of benzene rings is 1. The van der Waals surface area contributed by atoms with Gasteiger partial charge in [-0.25, -0.2) is 0 Å². The van der Waals surface area contributed by atoms with E-state index in [0.717, 1.165) is 11.4 Å². The van der Waals surface area contributed by atoms with Gasteiger partial charge in [0, 0.05) is 11.6 Å². The lowest BCUT2D eigenvalue weighted by atomic mass is 9.85. The molecule has 0 radical (unpaired) electrons. The molecular weight excluding hydrogens is 378 g/mol. The average molecular weight is 399 g/mol. The third kappa shape index (κ3) is 3.06. The molecule has 0 aromatic heterocycles. The van der Waals surface area contributed by atoms with Crippen molar-refractivity contribution in [3.8, 4) is 11.5 Å². The second kappa shape index (κ2) is 7.31. The van der Waals surface area contributed by atoms with Gasteiger partial charge in [0.15, 0.2) is 5.75 Å². The van der Waals surface area contributed by atoms with Crippen LogP contribution in [0.2, 0.25) is 0 Å². The highest BCUT2D eigenvalue weighted by atomic mass is 16.6. The maximum Gasteiger partial charge on any atom is 0.315 e. The standard InChI is InChI=1S/C20H21N3O6/c1-3-28-15-8-11(7-14(23(26)27)18(15)29-4-2)10-21-22-19(24)16-12-5-6-13(9-12)17(16)20(22)25/h5-8,10,12-13,16-17H,3-4,9H2,1-2H3. The Balaban J connectivity index is 1.64. The zero-order valence-electron chi connectivity index (χ0n) is 16.1. The Kier molecular flexibility index (Phi) is 4.81. The lowest BCUT2D eigenvalue weighted by Gasteiger charge is -2.13. The molecule has 4 atom stereocenters. The van der Waals surface area contributed by atoms with E-state index in [0.29, 0.717) is 12.2 Å². The van der Waals surface area contributed by atoms with Crippen molar-refractivity contribution in [3.05, 3.63) is 40.0 Å². The number of hydrogen-bond acceptors (Lipinski definition) is 7. The maximum atomic E-state index is 12.7. The predicted molar refractivity (Wildman–Crippen MR) is 103 cm³/mol. The van der Waals surface area contributed by atoms with Crippen LogP contribution in [0.5, 0.6) is 11.5 Å². The number of imide groups is 1. The van der Waals surface area contributed by atoms with Crippen LogP contribution in [0.1, 0.15) is 25.8 Å². The van der Waals surface area contributed by atoms with E-state index in [1.54, 1.807) is 19.9 Å². The summed E-state index contributed by atoms with van der Waals surface area (Å²) in [6.45, 7) is 4.01. The van der Waals surface area contributed by atoms with Gasteiger partial charge >= 0.3 is 5.69 Å². The summed E-state index contributed by atoms with van der Waals surface area (Å²) >= 11 is 0. The summed E-state index contributed by atoms with van der Waals surface area (Å²) in [5.41, 5.74) is 0.0693. The van der Waals surface area contributed by atoms with Crippen LogP contribution in [0.25, 0.3) is 0 Å². The van der Waals surface area contributed by atoms with Crippen molar-refractivity contribution in [2.24, 2.45) is 28.8 Å². The number of rotatable bonds is 7. The summed E-state index contributed by atoms with van der Waals surface area (Å²) in [4.78, 5) is 36.3. The Labute approximate surface area is 167 Å². The number of ether oxygens (including phenoxy) is 2. The Morgan fingerprint density at radius 1 is 1.14 bits per heavy atom. The molecule has 4 unspecified atom stereocenters. The fourth-order valence-corrected chi connectivity index (χ4v) is 4.50. The van der Waals surface area contributed by atoms with E-state index < -0.39 is 4.92 Å². The fourth-order valence-electron chi connectivity index (χ4n) is 4.50. The van der Waals surface area contributed by atoms with Gasteiger partial charge in [0.05, 0.1) is 36.2 Å². The van der Waals surface area contributed by atoms with Gasteiger partial charge < -0.3 is 9.47 Å². The van der Waals surface area contributed by atoms with Crippen molar-refractivity contribution in [3.63, 3.8) is 0 Å². The molecule has 1 aliphatic heterocycles. The molecule has 2 bridgehead atoms. The van der Waals surface area contributed by atoms with E-state index in [-0.39, 0.29) is 59.3 Å². The number of carbonyl (C=O) groups excluding carboxylic acids is 2. The molecule has 9 heteroatoms. The molecule has 2 aliphatic carbocycles. The summed E-state index contributed by atoms with van der Waals surface area (Å²) in [6, 6.07) is 2.83. The van der Waals surface area contributed by atoms with Crippen LogP contribution in [-0.4, -0.2) is 41.2 Å². The van der Waals surface area contributed by atoms with Crippen LogP contribution in [0.3, 0.4) is 0 Å². The molecule has 4 rings (SSSR count). The van der Waals surface area contributed by atoms with Gasteiger partial charge in [-0.3, -0.25) is 19.7 Å². The molecule has 152 valence electrons. The number of nitro benzene ring substituents is 1. The smallest absolute Gasteiger partial charge is 0.315 e. The van der Waals surface area contributed by atoms with Crippen molar-refractivity contribution in [1.82, 2.24) is 5.01 Å². The highest BCUT2D eigenvalue weighted by molar-refractivity contribution is 6.06. The number of amides is 2. The first kappa shape index (κ1) is 19.1. The first-order chi connectivity index (χ1) is 14.0. The van der Waals surface area contributed by atoms with Crippen LogP contribution >= 0.6 is 0 Å². The van der Waals surface area contributed by atoms with E-state index in [2.05, 4.69) is 5.10 Å². The van der Waals surface area contributed by atoms with E-state index >= 15 is 0 Å². The van der Waals surface area contributed by atoms with Crippen molar-refractivity contribution in [1.29, 1.82) is 0 Å². The van der Waals surface area contributed by atoms with Gasteiger partial charge in [-0.1, -0.05) is 12.2 Å². The minimum Gasteiger partial charge on any atom is -0.490 e. The molecule has 1 heterocycles. The predicted octanol–water partition coefficient (Wildman–Crippen LogP) is 2.53. The van der Waals surface area contributed by atoms with Gasteiger partial charge in [-0.05, 0) is 38.2 Å². The van der Waals surface area contributed by atoms with Crippen LogP contribution in [-0.2, 0) is 9.59 Å². The summed E-state index contributed by atoms with van der Waals surface area (Å²) in [5.74, 6) is -0.857. The van der Waals surface area contributed by atoms with Gasteiger partial charge in [0.2, 0.25) is 5.75 Å². The summed E-state index contributed by atoms with van der Waals surface area (Å²) in [6.07, 6.45) is 6.13. The molecule has 0 N–H and O–H groups in total. The second-order valence-electron chi connectivity index (χ2n) is 7.22. The number of nitro groups is 1. The summed E-state index contributed by atoms with van der Waals surface area (Å²) in [5, 5.41) is 16.5. The third-order valence-corrected chi connectivity index (χ3v) is 5.61. The molecule has 3 aliphatic rings. The zero-order valence-corrected chi connectivity index (χ0v) is 16.1. The largest absolute Gasteiger partial charge is 0.490 e. The molecule has 9 nitrogen and oxygen atoms in total. The van der Waals surface area contributed by atoms with E-state index in [4.69, 9.17) is 9.47 Å². The number of carbonyl (C=O) groups is 2. The number of nitrogens with zero attached hydrogens (tertiary/aromatic N) is 3. The quantitative estimate of drug-likeness (QED) is 0.229. The molecule has 1 saturated carbocycles. The molecule has 2 amide bonds. The number of hydrazone groups is 1. The monoisotopic (exact) mass is 399 g/mol. The van der Waals surface area contributed by atoms with E-state index in [9.17, 15) is 19.7 Å². The van der Waals surface area contributed by atoms with Gasteiger partial charge in [0.1, 0.15) is 0 Å². The van der Waals surface area contributed by atoms with Gasteiger partial charge in [-0.15, -0.1) is 0 Å². The Hall–Kier alpha value is -3.23. The number of hydrogen-bond donors (Lipinski definition) is 0. The Morgan fingerprint density at radius 3 is 2.31 bits per heavy atom. The molecular formula is C20H21N3O6. The second-order valence-corrected chi connectivity index (χ2v) is 7.22. The Bertz CT molecular complexity index is 910. The molecule has 1 aromatic carbocycles. The summed E-state index contributed by atoms with van der Waals surface area (Å²) < 4.78 is 10.9. The minimum atomic E-state index is -0.565. The normalized spacial score (nSPS) is 27.2. The van der Waals surface area contributed by atoms with Crippen molar-refractivity contribution in [2.45, 2.75) is 20.3 Å². The lowest BCUT2D eigenvalue weighted by molar-refractivity contribution is -0.385. The highest BCUT2D eigenvalue weighted by Crippen LogP contribution is 2.52. The van der Waals surface area contributed by atoms with Crippen LogP contribution in [0.4, 0.5) is 5.69 Å². The minimum absolute atomic E-state index is 0.0435. The van der Waals surface area contributed by atoms with Crippen LogP contribution < -0.4 is 9.47 Å².